The van der Waals surface area contributed by atoms with E-state index < -0.39 is 0 Å². The summed E-state index contributed by atoms with van der Waals surface area (Å²) >= 11 is 0. The van der Waals surface area contributed by atoms with Crippen molar-refractivity contribution in [2.45, 2.75) is 25.8 Å². The SMILES string of the molecule is COC(=O)CCOCC1CC(C)CN1. The summed E-state index contributed by atoms with van der Waals surface area (Å²) in [5, 5.41) is 3.37. The molecule has 1 aliphatic heterocycles. The summed E-state index contributed by atoms with van der Waals surface area (Å²) in [6, 6.07) is 0.461. The first kappa shape index (κ1) is 11.5. The highest BCUT2D eigenvalue weighted by Gasteiger charge is 2.20. The van der Waals surface area contributed by atoms with Gasteiger partial charge in [-0.2, -0.15) is 0 Å². The van der Waals surface area contributed by atoms with Gasteiger partial charge >= 0.3 is 5.97 Å². The smallest absolute Gasteiger partial charge is 0.307 e. The molecule has 4 heteroatoms. The Bertz CT molecular complexity index is 184. The Hall–Kier alpha value is -0.610. The van der Waals surface area contributed by atoms with Crippen LogP contribution in [-0.2, 0) is 14.3 Å². The van der Waals surface area contributed by atoms with E-state index in [-0.39, 0.29) is 5.97 Å². The number of nitrogens with one attached hydrogen (secondary N) is 1. The molecule has 0 saturated carbocycles. The number of carbonyl (C=O) groups is 1. The maximum absolute atomic E-state index is 10.7. The number of methoxy groups -OCH3 is 1. The minimum absolute atomic E-state index is 0.210. The second-order valence-corrected chi connectivity index (χ2v) is 3.85. The van der Waals surface area contributed by atoms with Crippen molar-refractivity contribution in [3.05, 3.63) is 0 Å². The molecule has 2 unspecified atom stereocenters. The predicted octanol–water partition coefficient (Wildman–Crippen LogP) is 0.564. The average Bonchev–Trinajstić information content (AvgIpc) is 2.58. The minimum atomic E-state index is -0.210. The van der Waals surface area contributed by atoms with E-state index in [4.69, 9.17) is 4.74 Å². The molecule has 1 fully saturated rings. The van der Waals surface area contributed by atoms with Crippen molar-refractivity contribution in [2.24, 2.45) is 5.92 Å². The zero-order valence-corrected chi connectivity index (χ0v) is 8.91. The van der Waals surface area contributed by atoms with Crippen molar-refractivity contribution in [1.29, 1.82) is 0 Å². The Kier molecular flexibility index (Phi) is 4.90. The summed E-state index contributed by atoms with van der Waals surface area (Å²) < 4.78 is 9.88. The molecule has 1 heterocycles. The molecule has 0 aromatic rings. The van der Waals surface area contributed by atoms with E-state index in [0.717, 1.165) is 18.9 Å². The van der Waals surface area contributed by atoms with Gasteiger partial charge in [0.05, 0.1) is 26.7 Å². The molecular formula is C10H19NO3. The maximum Gasteiger partial charge on any atom is 0.307 e. The second-order valence-electron chi connectivity index (χ2n) is 3.85. The summed E-state index contributed by atoms with van der Waals surface area (Å²) in [4.78, 5) is 10.7. The Labute approximate surface area is 85.0 Å². The largest absolute Gasteiger partial charge is 0.469 e. The molecule has 4 nitrogen and oxygen atoms in total. The lowest BCUT2D eigenvalue weighted by atomic mass is 10.1. The molecule has 1 aliphatic rings. The van der Waals surface area contributed by atoms with Crippen LogP contribution in [0.2, 0.25) is 0 Å². The number of hydrogen-bond acceptors (Lipinski definition) is 4. The fourth-order valence-electron chi connectivity index (χ4n) is 1.63. The molecule has 0 aromatic heterocycles. The van der Waals surface area contributed by atoms with E-state index in [0.29, 0.717) is 25.7 Å². The fraction of sp³-hybridized carbons (Fsp3) is 0.900. The molecule has 0 aliphatic carbocycles. The van der Waals surface area contributed by atoms with Crippen LogP contribution in [0.3, 0.4) is 0 Å². The van der Waals surface area contributed by atoms with Gasteiger partial charge in [0, 0.05) is 6.04 Å². The van der Waals surface area contributed by atoms with Gasteiger partial charge in [0.25, 0.3) is 0 Å². The number of ether oxygens (including phenoxy) is 2. The van der Waals surface area contributed by atoms with Crippen LogP contribution in [0.15, 0.2) is 0 Å². The van der Waals surface area contributed by atoms with E-state index in [1.54, 1.807) is 0 Å². The molecule has 1 saturated heterocycles. The topological polar surface area (TPSA) is 47.6 Å². The summed E-state index contributed by atoms with van der Waals surface area (Å²) in [6.07, 6.45) is 1.51. The van der Waals surface area contributed by atoms with Crippen molar-refractivity contribution in [3.8, 4) is 0 Å². The quantitative estimate of drug-likeness (QED) is 0.521. The van der Waals surface area contributed by atoms with Crippen LogP contribution in [0, 0.1) is 5.92 Å². The van der Waals surface area contributed by atoms with Gasteiger partial charge in [-0.1, -0.05) is 6.92 Å². The minimum Gasteiger partial charge on any atom is -0.469 e. The summed E-state index contributed by atoms with van der Waals surface area (Å²) in [6.45, 7) is 4.45. The van der Waals surface area contributed by atoms with Crippen LogP contribution >= 0.6 is 0 Å². The van der Waals surface area contributed by atoms with Crippen LogP contribution < -0.4 is 5.32 Å². The maximum atomic E-state index is 10.7. The first-order chi connectivity index (χ1) is 6.72. The molecule has 2 atom stereocenters. The van der Waals surface area contributed by atoms with Crippen molar-refractivity contribution < 1.29 is 14.3 Å². The standard InChI is InChI=1S/C10H19NO3/c1-8-5-9(11-6-8)7-14-4-3-10(12)13-2/h8-9,11H,3-7H2,1-2H3. The molecule has 14 heavy (non-hydrogen) atoms. The third-order valence-corrected chi connectivity index (χ3v) is 2.44. The first-order valence-corrected chi connectivity index (χ1v) is 5.10. The van der Waals surface area contributed by atoms with E-state index in [2.05, 4.69) is 17.0 Å². The van der Waals surface area contributed by atoms with Crippen LogP contribution in [-0.4, -0.2) is 38.9 Å². The van der Waals surface area contributed by atoms with Gasteiger partial charge in [-0.3, -0.25) is 4.79 Å². The van der Waals surface area contributed by atoms with Crippen LogP contribution in [0.4, 0.5) is 0 Å². The Morgan fingerprint density at radius 1 is 1.57 bits per heavy atom. The normalized spacial score (nSPS) is 26.4. The average molecular weight is 201 g/mol. The highest BCUT2D eigenvalue weighted by molar-refractivity contribution is 5.69. The van der Waals surface area contributed by atoms with Gasteiger partial charge in [0.2, 0.25) is 0 Å². The third-order valence-electron chi connectivity index (χ3n) is 2.44. The van der Waals surface area contributed by atoms with E-state index >= 15 is 0 Å². The monoisotopic (exact) mass is 201 g/mol. The van der Waals surface area contributed by atoms with Gasteiger partial charge in [-0.15, -0.1) is 0 Å². The summed E-state index contributed by atoms with van der Waals surface area (Å²) in [5.41, 5.74) is 0. The molecule has 0 spiro atoms. The molecule has 1 N–H and O–H groups in total. The van der Waals surface area contributed by atoms with Crippen LogP contribution in [0.1, 0.15) is 19.8 Å². The lowest BCUT2D eigenvalue weighted by molar-refractivity contribution is -0.141. The first-order valence-electron chi connectivity index (χ1n) is 5.10. The van der Waals surface area contributed by atoms with E-state index in [9.17, 15) is 4.79 Å². The fourth-order valence-corrected chi connectivity index (χ4v) is 1.63. The number of rotatable bonds is 5. The molecule has 0 aromatic carbocycles. The Morgan fingerprint density at radius 2 is 2.36 bits per heavy atom. The van der Waals surface area contributed by atoms with Gasteiger partial charge in [0.1, 0.15) is 0 Å². The highest BCUT2D eigenvalue weighted by Crippen LogP contribution is 2.12. The number of hydrogen-bond donors (Lipinski definition) is 1. The lowest BCUT2D eigenvalue weighted by Gasteiger charge is -2.10. The van der Waals surface area contributed by atoms with Gasteiger partial charge in [0.15, 0.2) is 0 Å². The number of esters is 1. The summed E-state index contributed by atoms with van der Waals surface area (Å²) in [5.74, 6) is 0.530. The number of carbonyl (C=O) groups excluding carboxylic acids is 1. The van der Waals surface area contributed by atoms with E-state index in [1.807, 2.05) is 0 Å². The third kappa shape index (κ3) is 4.07. The molecule has 0 radical (unpaired) electrons. The molecular weight excluding hydrogens is 182 g/mol. The Balaban J connectivity index is 1.96. The van der Waals surface area contributed by atoms with Crippen LogP contribution in [0.25, 0.3) is 0 Å². The molecule has 1 rings (SSSR count). The molecule has 82 valence electrons. The zero-order valence-electron chi connectivity index (χ0n) is 8.91. The van der Waals surface area contributed by atoms with Gasteiger partial charge < -0.3 is 14.8 Å². The Morgan fingerprint density at radius 3 is 2.93 bits per heavy atom. The van der Waals surface area contributed by atoms with Gasteiger partial charge in [-0.25, -0.2) is 0 Å². The van der Waals surface area contributed by atoms with Crippen molar-refractivity contribution >= 4 is 5.97 Å². The second kappa shape index (κ2) is 5.98. The van der Waals surface area contributed by atoms with Crippen molar-refractivity contribution in [2.75, 3.05) is 26.9 Å². The van der Waals surface area contributed by atoms with Crippen molar-refractivity contribution in [3.63, 3.8) is 0 Å². The highest BCUT2D eigenvalue weighted by atomic mass is 16.5. The predicted molar refractivity (Wildman–Crippen MR) is 53.0 cm³/mol. The van der Waals surface area contributed by atoms with Crippen molar-refractivity contribution in [1.82, 2.24) is 5.32 Å². The summed E-state index contributed by atoms with van der Waals surface area (Å²) in [7, 11) is 1.39. The van der Waals surface area contributed by atoms with E-state index in [1.165, 1.54) is 7.11 Å². The van der Waals surface area contributed by atoms with Gasteiger partial charge in [-0.05, 0) is 18.9 Å². The zero-order chi connectivity index (χ0) is 10.4. The van der Waals surface area contributed by atoms with Crippen LogP contribution in [0.5, 0.6) is 0 Å². The molecule has 0 amide bonds. The molecule has 0 bridgehead atoms. The lowest BCUT2D eigenvalue weighted by Crippen LogP contribution is -2.27.